The fourth-order valence-electron chi connectivity index (χ4n) is 4.24. The van der Waals surface area contributed by atoms with Gasteiger partial charge in [0.25, 0.3) is 5.69 Å². The molecule has 12 heteroatoms. The molecule has 11 nitrogen and oxygen atoms in total. The molecule has 4 rings (SSSR count). The molecule has 0 bridgehead atoms. The number of ether oxygens (including phenoxy) is 2. The number of hydrogen-bond donors (Lipinski definition) is 1. The third-order valence-electron chi connectivity index (χ3n) is 6.02. The molecule has 1 saturated heterocycles. The predicted octanol–water partition coefficient (Wildman–Crippen LogP) is 2.18. The fraction of sp³-hybridized carbons (Fsp3) is 0.435. The Balaban J connectivity index is 1.53. The van der Waals surface area contributed by atoms with Crippen molar-refractivity contribution in [2.75, 3.05) is 46.5 Å². The van der Waals surface area contributed by atoms with E-state index in [2.05, 4.69) is 15.2 Å². The van der Waals surface area contributed by atoms with Crippen LogP contribution in [0.5, 0.6) is 0 Å². The van der Waals surface area contributed by atoms with Gasteiger partial charge >= 0.3 is 5.97 Å². The highest BCUT2D eigenvalue weighted by Crippen LogP contribution is 2.44. The summed E-state index contributed by atoms with van der Waals surface area (Å²) in [6.07, 6.45) is 0.103. The molecule has 35 heavy (non-hydrogen) atoms. The van der Waals surface area contributed by atoms with E-state index in [1.54, 1.807) is 19.1 Å². The van der Waals surface area contributed by atoms with Crippen LogP contribution in [0, 0.1) is 10.1 Å². The number of rotatable bonds is 8. The molecule has 0 radical (unpaired) electrons. The maximum Gasteiger partial charge on any atom is 0.338 e. The monoisotopic (exact) mass is 501 g/mol. The average molecular weight is 502 g/mol. The van der Waals surface area contributed by atoms with Gasteiger partial charge in [-0.1, -0.05) is 11.8 Å². The second-order valence-electron chi connectivity index (χ2n) is 8.21. The number of amidine groups is 1. The number of nitro groups is 1. The van der Waals surface area contributed by atoms with Crippen molar-refractivity contribution < 1.29 is 24.0 Å². The Labute approximate surface area is 207 Å². The Kier molecular flexibility index (Phi) is 7.83. The zero-order valence-electron chi connectivity index (χ0n) is 19.6. The van der Waals surface area contributed by atoms with Gasteiger partial charge in [-0.05, 0) is 30.0 Å². The van der Waals surface area contributed by atoms with Gasteiger partial charge in [0.05, 0.1) is 49.0 Å². The highest BCUT2D eigenvalue weighted by Gasteiger charge is 2.41. The first-order chi connectivity index (χ1) is 16.9. The number of aliphatic imine (C=N–C) groups is 1. The molecule has 0 aromatic heterocycles. The molecule has 0 saturated carbocycles. The number of nitrogens with one attached hydrogen (secondary N) is 1. The molecular weight excluding hydrogens is 474 g/mol. The van der Waals surface area contributed by atoms with Gasteiger partial charge in [-0.25, -0.2) is 9.79 Å². The number of esters is 1. The predicted molar refractivity (Wildman–Crippen MR) is 130 cm³/mol. The molecular formula is C23H27N5O6S. The SMILES string of the molecule is COC(=O)C1=C(C)N=C2SC=C(CC(=O)NCCN3CCOCC3)N2C1c1ccc([N+](=O)[O-])cc1. The van der Waals surface area contributed by atoms with Crippen molar-refractivity contribution in [3.05, 3.63) is 62.3 Å². The molecule has 1 N–H and O–H groups in total. The minimum atomic E-state index is -0.627. The largest absolute Gasteiger partial charge is 0.466 e. The Hall–Kier alpha value is -3.22. The lowest BCUT2D eigenvalue weighted by Crippen LogP contribution is -2.42. The molecule has 3 aliphatic rings. The smallest absolute Gasteiger partial charge is 0.338 e. The van der Waals surface area contributed by atoms with E-state index in [1.165, 1.54) is 31.0 Å². The van der Waals surface area contributed by atoms with Gasteiger partial charge in [0, 0.05) is 44.0 Å². The van der Waals surface area contributed by atoms with Crippen LogP contribution in [0.3, 0.4) is 0 Å². The number of benzene rings is 1. The van der Waals surface area contributed by atoms with Gasteiger partial charge in [-0.2, -0.15) is 0 Å². The number of carbonyl (C=O) groups is 2. The van der Waals surface area contributed by atoms with Gasteiger partial charge < -0.3 is 19.7 Å². The summed E-state index contributed by atoms with van der Waals surface area (Å²) in [6, 6.07) is 5.40. The summed E-state index contributed by atoms with van der Waals surface area (Å²) in [6.45, 7) is 6.11. The van der Waals surface area contributed by atoms with E-state index in [-0.39, 0.29) is 18.0 Å². The summed E-state index contributed by atoms with van der Waals surface area (Å²) in [5.74, 6) is -0.681. The molecule has 1 fully saturated rings. The van der Waals surface area contributed by atoms with Crippen molar-refractivity contribution in [1.29, 1.82) is 0 Å². The van der Waals surface area contributed by atoms with Crippen LogP contribution in [0.1, 0.15) is 24.9 Å². The number of non-ortho nitro benzene ring substituents is 1. The minimum Gasteiger partial charge on any atom is -0.466 e. The number of allylic oxidation sites excluding steroid dienone is 1. The van der Waals surface area contributed by atoms with Gasteiger partial charge in [-0.3, -0.25) is 19.8 Å². The Morgan fingerprint density at radius 3 is 2.66 bits per heavy atom. The highest BCUT2D eigenvalue weighted by atomic mass is 32.2. The fourth-order valence-corrected chi connectivity index (χ4v) is 5.20. The lowest BCUT2D eigenvalue weighted by molar-refractivity contribution is -0.384. The Morgan fingerprint density at radius 2 is 2.00 bits per heavy atom. The molecule has 1 aromatic carbocycles. The maximum absolute atomic E-state index is 12.8. The van der Waals surface area contributed by atoms with E-state index in [1.807, 2.05) is 10.3 Å². The quantitative estimate of drug-likeness (QED) is 0.324. The summed E-state index contributed by atoms with van der Waals surface area (Å²) in [5.41, 5.74) is 2.12. The van der Waals surface area contributed by atoms with Crippen LogP contribution >= 0.6 is 11.8 Å². The number of fused-ring (bicyclic) bond motifs is 1. The van der Waals surface area contributed by atoms with E-state index in [0.717, 1.165) is 19.6 Å². The number of thioether (sulfide) groups is 1. The lowest BCUT2D eigenvalue weighted by atomic mass is 9.93. The molecule has 3 aliphatic heterocycles. The second-order valence-corrected chi connectivity index (χ2v) is 9.05. The first-order valence-electron chi connectivity index (χ1n) is 11.2. The first-order valence-corrected chi connectivity index (χ1v) is 12.1. The van der Waals surface area contributed by atoms with Crippen molar-refractivity contribution >= 4 is 34.5 Å². The number of methoxy groups -OCH3 is 1. The molecule has 1 amide bonds. The van der Waals surface area contributed by atoms with Crippen LogP contribution in [0.4, 0.5) is 5.69 Å². The average Bonchev–Trinajstić information content (AvgIpc) is 3.25. The van der Waals surface area contributed by atoms with E-state index in [0.29, 0.717) is 47.5 Å². The van der Waals surface area contributed by atoms with Crippen molar-refractivity contribution in [1.82, 2.24) is 15.1 Å². The van der Waals surface area contributed by atoms with Crippen molar-refractivity contribution in [3.63, 3.8) is 0 Å². The molecule has 0 spiro atoms. The van der Waals surface area contributed by atoms with Crippen LogP contribution in [0.2, 0.25) is 0 Å². The summed E-state index contributed by atoms with van der Waals surface area (Å²) < 4.78 is 10.4. The Morgan fingerprint density at radius 1 is 1.29 bits per heavy atom. The number of morpholine rings is 1. The molecule has 0 aliphatic carbocycles. The third kappa shape index (κ3) is 5.55. The summed E-state index contributed by atoms with van der Waals surface area (Å²) in [4.78, 5) is 44.8. The van der Waals surface area contributed by atoms with Crippen LogP contribution in [0.25, 0.3) is 0 Å². The zero-order valence-corrected chi connectivity index (χ0v) is 20.4. The van der Waals surface area contributed by atoms with Gasteiger partial charge in [-0.15, -0.1) is 0 Å². The van der Waals surface area contributed by atoms with Crippen LogP contribution in [-0.2, 0) is 19.1 Å². The normalized spacial score (nSPS) is 20.2. The highest BCUT2D eigenvalue weighted by molar-refractivity contribution is 8.16. The first kappa shape index (κ1) is 24.9. The van der Waals surface area contributed by atoms with Gasteiger partial charge in [0.2, 0.25) is 5.91 Å². The van der Waals surface area contributed by atoms with E-state index in [4.69, 9.17) is 9.47 Å². The number of nitrogens with zero attached hydrogens (tertiary/aromatic N) is 4. The molecule has 3 heterocycles. The Bertz CT molecular complexity index is 1090. The minimum absolute atomic E-state index is 0.0509. The van der Waals surface area contributed by atoms with Crippen LogP contribution in [0.15, 0.2) is 51.6 Å². The second kappa shape index (κ2) is 11.0. The van der Waals surface area contributed by atoms with E-state index >= 15 is 0 Å². The van der Waals surface area contributed by atoms with Crippen molar-refractivity contribution in [3.8, 4) is 0 Å². The molecule has 1 aromatic rings. The zero-order chi connectivity index (χ0) is 24.9. The topological polar surface area (TPSA) is 127 Å². The van der Waals surface area contributed by atoms with Crippen LogP contribution < -0.4 is 5.32 Å². The maximum atomic E-state index is 12.8. The number of nitro benzene ring substituents is 1. The number of amides is 1. The number of hydrogen-bond acceptors (Lipinski definition) is 10. The summed E-state index contributed by atoms with van der Waals surface area (Å²) in [7, 11) is 1.30. The van der Waals surface area contributed by atoms with Crippen molar-refractivity contribution in [2.45, 2.75) is 19.4 Å². The molecule has 1 atom stereocenters. The van der Waals surface area contributed by atoms with Crippen LogP contribution in [-0.4, -0.2) is 78.3 Å². The lowest BCUT2D eigenvalue weighted by Gasteiger charge is -2.36. The van der Waals surface area contributed by atoms with Crippen molar-refractivity contribution in [2.24, 2.45) is 4.99 Å². The summed E-state index contributed by atoms with van der Waals surface area (Å²) >= 11 is 1.37. The standard InChI is InChI=1S/C23H27N5O6S/c1-15-20(22(30)33-2)21(16-3-5-17(6-4-16)28(31)32)27-18(14-35-23(27)25-15)13-19(29)24-7-8-26-9-11-34-12-10-26/h3-6,14,21H,7-13H2,1-2H3,(H,24,29). The number of carbonyl (C=O) groups excluding carboxylic acids is 2. The molecule has 186 valence electrons. The third-order valence-corrected chi connectivity index (χ3v) is 6.91. The van der Waals surface area contributed by atoms with E-state index in [9.17, 15) is 19.7 Å². The van der Waals surface area contributed by atoms with Gasteiger partial charge in [0.15, 0.2) is 5.17 Å². The van der Waals surface area contributed by atoms with Gasteiger partial charge in [0.1, 0.15) is 0 Å². The summed E-state index contributed by atoms with van der Waals surface area (Å²) in [5, 5.41) is 16.6. The van der Waals surface area contributed by atoms with E-state index < -0.39 is 16.9 Å². The molecule has 1 unspecified atom stereocenters.